The molecule has 1 heteroatoms. The van der Waals surface area contributed by atoms with Gasteiger partial charge in [0.15, 0.2) is 0 Å². The van der Waals surface area contributed by atoms with Crippen LogP contribution in [0.4, 0.5) is 0 Å². The van der Waals surface area contributed by atoms with E-state index in [1.165, 1.54) is 12.8 Å². The summed E-state index contributed by atoms with van der Waals surface area (Å²) in [4.78, 5) is 0. The van der Waals surface area contributed by atoms with Gasteiger partial charge in [0.05, 0.1) is 6.10 Å². The Kier molecular flexibility index (Phi) is 4.78. The summed E-state index contributed by atoms with van der Waals surface area (Å²) in [6.07, 6.45) is 3.49. The molecule has 0 amide bonds. The van der Waals surface area contributed by atoms with Crippen molar-refractivity contribution in [3.63, 3.8) is 0 Å². The molecule has 1 fully saturated rings. The van der Waals surface area contributed by atoms with E-state index in [2.05, 4.69) is 6.92 Å². The molecule has 56 valence electrons. The first-order valence-electron chi connectivity index (χ1n) is 3.99. The van der Waals surface area contributed by atoms with E-state index >= 15 is 0 Å². The van der Waals surface area contributed by atoms with Gasteiger partial charge < -0.3 is 5.11 Å². The molecule has 0 unspecified atom stereocenters. The minimum absolute atomic E-state index is 0.0139. The Morgan fingerprint density at radius 1 is 1.22 bits per heavy atom. The van der Waals surface area contributed by atoms with E-state index in [0.29, 0.717) is 5.92 Å². The van der Waals surface area contributed by atoms with Crippen LogP contribution < -0.4 is 0 Å². The van der Waals surface area contributed by atoms with Crippen LogP contribution >= 0.6 is 0 Å². The fourth-order valence-electron chi connectivity index (χ4n) is 1.13. The molecule has 0 aromatic carbocycles. The van der Waals surface area contributed by atoms with Gasteiger partial charge in [-0.25, -0.2) is 0 Å². The van der Waals surface area contributed by atoms with E-state index in [1.54, 1.807) is 0 Å². The quantitative estimate of drug-likeness (QED) is 0.533. The van der Waals surface area contributed by atoms with Crippen molar-refractivity contribution >= 4 is 0 Å². The van der Waals surface area contributed by atoms with Gasteiger partial charge in [0, 0.05) is 0 Å². The van der Waals surface area contributed by atoms with Crippen LogP contribution in [0.5, 0.6) is 0 Å². The van der Waals surface area contributed by atoms with Crippen LogP contribution in [0.1, 0.15) is 40.0 Å². The van der Waals surface area contributed by atoms with E-state index in [9.17, 15) is 0 Å². The van der Waals surface area contributed by atoms with Crippen LogP contribution in [-0.2, 0) is 0 Å². The van der Waals surface area contributed by atoms with Crippen LogP contribution in [0, 0.1) is 5.92 Å². The molecule has 0 aromatic heterocycles. The minimum Gasteiger partial charge on any atom is -0.393 e. The van der Waals surface area contributed by atoms with Crippen molar-refractivity contribution in [1.29, 1.82) is 0 Å². The summed E-state index contributed by atoms with van der Waals surface area (Å²) in [7, 11) is 0. The summed E-state index contributed by atoms with van der Waals surface area (Å²) in [6, 6.07) is 0. The van der Waals surface area contributed by atoms with Crippen LogP contribution in [-0.4, -0.2) is 11.2 Å². The summed E-state index contributed by atoms with van der Waals surface area (Å²) in [6.45, 7) is 6.11. The Hall–Kier alpha value is -0.0400. The molecule has 2 atom stereocenters. The summed E-state index contributed by atoms with van der Waals surface area (Å²) in [5.74, 6) is 0.569. The highest BCUT2D eigenvalue weighted by Crippen LogP contribution is 2.23. The maximum absolute atomic E-state index is 9.00. The molecule has 0 spiro atoms. The van der Waals surface area contributed by atoms with Crippen molar-refractivity contribution in [2.45, 2.75) is 46.1 Å². The monoisotopic (exact) mass is 130 g/mol. The second-order valence-corrected chi connectivity index (χ2v) is 2.48. The fraction of sp³-hybridized carbons (Fsp3) is 1.00. The second kappa shape index (κ2) is 4.80. The molecule has 0 heterocycles. The third kappa shape index (κ3) is 2.85. The lowest BCUT2D eigenvalue weighted by atomic mass is 10.1. The number of hydrogen-bond acceptors (Lipinski definition) is 1. The lowest BCUT2D eigenvalue weighted by molar-refractivity contribution is 0.141. The van der Waals surface area contributed by atoms with E-state index in [4.69, 9.17) is 5.11 Å². The molecule has 1 aliphatic rings. The molecule has 9 heavy (non-hydrogen) atoms. The lowest BCUT2D eigenvalue weighted by Crippen LogP contribution is -2.07. The highest BCUT2D eigenvalue weighted by Gasteiger charge is 2.19. The molecule has 1 N–H and O–H groups in total. The average Bonchev–Trinajstić information content (AvgIpc) is 2.23. The average molecular weight is 130 g/mol. The van der Waals surface area contributed by atoms with Gasteiger partial charge in [0.25, 0.3) is 0 Å². The minimum atomic E-state index is 0.0139. The second-order valence-electron chi connectivity index (χ2n) is 2.48. The molecule has 1 nitrogen and oxygen atoms in total. The molecule has 0 bridgehead atoms. The van der Waals surface area contributed by atoms with Crippen molar-refractivity contribution in [1.82, 2.24) is 0 Å². The predicted molar refractivity (Wildman–Crippen MR) is 40.4 cm³/mol. The largest absolute Gasteiger partial charge is 0.393 e. The van der Waals surface area contributed by atoms with Crippen molar-refractivity contribution in [3.05, 3.63) is 0 Å². The van der Waals surface area contributed by atoms with Gasteiger partial charge in [-0.15, -0.1) is 0 Å². The maximum atomic E-state index is 9.00. The van der Waals surface area contributed by atoms with Gasteiger partial charge in [-0.05, 0) is 18.8 Å². The Bertz CT molecular complexity index is 53.6. The van der Waals surface area contributed by atoms with Gasteiger partial charge in [0.2, 0.25) is 0 Å². The van der Waals surface area contributed by atoms with Crippen molar-refractivity contribution in [2.75, 3.05) is 0 Å². The molecular formula is C8H18O. The van der Waals surface area contributed by atoms with Crippen molar-refractivity contribution in [3.8, 4) is 0 Å². The van der Waals surface area contributed by atoms with Crippen LogP contribution in [0.2, 0.25) is 0 Å². The Morgan fingerprint density at radius 3 is 1.89 bits per heavy atom. The standard InChI is InChI=1S/C6H12O.C2H6/c1-5-3-2-4-6(5)7;1-2/h5-7H,2-4H2,1H3;1-2H3/t5-,6+;/m1./s1. The number of aliphatic hydroxyl groups excluding tert-OH is 1. The van der Waals surface area contributed by atoms with E-state index < -0.39 is 0 Å². The third-order valence-electron chi connectivity index (χ3n) is 1.82. The zero-order chi connectivity index (χ0) is 7.28. The molecule has 0 saturated heterocycles. The van der Waals surface area contributed by atoms with Gasteiger partial charge in [-0.2, -0.15) is 0 Å². The topological polar surface area (TPSA) is 20.2 Å². The van der Waals surface area contributed by atoms with Crippen molar-refractivity contribution in [2.24, 2.45) is 5.92 Å². The fourth-order valence-corrected chi connectivity index (χ4v) is 1.13. The molecule has 0 aliphatic heterocycles. The smallest absolute Gasteiger partial charge is 0.0565 e. The van der Waals surface area contributed by atoms with Gasteiger partial charge in [-0.3, -0.25) is 0 Å². The number of rotatable bonds is 0. The first-order chi connectivity index (χ1) is 4.30. The predicted octanol–water partition coefficient (Wildman–Crippen LogP) is 2.19. The van der Waals surface area contributed by atoms with E-state index in [-0.39, 0.29) is 6.10 Å². The van der Waals surface area contributed by atoms with Gasteiger partial charge in [-0.1, -0.05) is 27.2 Å². The molecule has 0 radical (unpaired) electrons. The maximum Gasteiger partial charge on any atom is 0.0565 e. The normalized spacial score (nSPS) is 33.3. The van der Waals surface area contributed by atoms with Crippen LogP contribution in [0.25, 0.3) is 0 Å². The number of aliphatic hydroxyl groups is 1. The highest BCUT2D eigenvalue weighted by molar-refractivity contribution is 4.71. The summed E-state index contributed by atoms with van der Waals surface area (Å²) in [5.41, 5.74) is 0. The Morgan fingerprint density at radius 2 is 1.78 bits per heavy atom. The summed E-state index contributed by atoms with van der Waals surface area (Å²) >= 11 is 0. The highest BCUT2D eigenvalue weighted by atomic mass is 16.3. The Balaban J connectivity index is 0.000000291. The molecule has 0 aromatic rings. The molecule has 1 rings (SSSR count). The number of hydrogen-bond donors (Lipinski definition) is 1. The summed E-state index contributed by atoms with van der Waals surface area (Å²) < 4.78 is 0. The van der Waals surface area contributed by atoms with Gasteiger partial charge >= 0.3 is 0 Å². The summed E-state index contributed by atoms with van der Waals surface area (Å²) in [5, 5.41) is 9.00. The SMILES string of the molecule is CC.C[C@@H]1CCC[C@@H]1O. The van der Waals surface area contributed by atoms with Crippen LogP contribution in [0.15, 0.2) is 0 Å². The first kappa shape index (κ1) is 8.96. The zero-order valence-corrected chi connectivity index (χ0v) is 6.72. The van der Waals surface area contributed by atoms with E-state index in [1.807, 2.05) is 13.8 Å². The first-order valence-corrected chi connectivity index (χ1v) is 3.99. The van der Waals surface area contributed by atoms with E-state index in [0.717, 1.165) is 6.42 Å². The van der Waals surface area contributed by atoms with Gasteiger partial charge in [0.1, 0.15) is 0 Å². The molecule has 1 aliphatic carbocycles. The lowest BCUT2D eigenvalue weighted by Gasteiger charge is -2.04. The van der Waals surface area contributed by atoms with Crippen molar-refractivity contribution < 1.29 is 5.11 Å². The zero-order valence-electron chi connectivity index (χ0n) is 6.72. The molecule has 1 saturated carbocycles. The van der Waals surface area contributed by atoms with Crippen LogP contribution in [0.3, 0.4) is 0 Å². The molecular weight excluding hydrogens is 112 g/mol. The third-order valence-corrected chi connectivity index (χ3v) is 1.82. The Labute approximate surface area is 58.1 Å².